The molecule has 1 saturated carbocycles. The lowest BCUT2D eigenvalue weighted by atomic mass is 10.1. The third kappa shape index (κ3) is 3.49. The molecule has 6 nitrogen and oxygen atoms in total. The lowest BCUT2D eigenvalue weighted by molar-refractivity contribution is 0.0951. The van der Waals surface area contributed by atoms with Gasteiger partial charge in [-0.1, -0.05) is 30.3 Å². The van der Waals surface area contributed by atoms with Gasteiger partial charge in [-0.15, -0.1) is 0 Å². The van der Waals surface area contributed by atoms with Gasteiger partial charge in [-0.25, -0.2) is 4.98 Å². The number of nitrogens with zero attached hydrogens (tertiary/aromatic N) is 2. The number of nitrogens with one attached hydrogen (secondary N) is 2. The van der Waals surface area contributed by atoms with Crippen molar-refractivity contribution in [3.63, 3.8) is 0 Å². The van der Waals surface area contributed by atoms with Crippen LogP contribution in [-0.2, 0) is 6.42 Å². The summed E-state index contributed by atoms with van der Waals surface area (Å²) in [7, 11) is 0. The highest BCUT2D eigenvalue weighted by Crippen LogP contribution is 2.32. The summed E-state index contributed by atoms with van der Waals surface area (Å²) < 4.78 is 1.57. The minimum atomic E-state index is -0.218. The second-order valence-corrected chi connectivity index (χ2v) is 8.13. The van der Waals surface area contributed by atoms with E-state index in [1.54, 1.807) is 29.1 Å². The van der Waals surface area contributed by atoms with E-state index in [1.807, 2.05) is 25.1 Å². The van der Waals surface area contributed by atoms with Crippen LogP contribution in [0.5, 0.6) is 0 Å². The molecule has 0 bridgehead atoms. The molecular weight excluding hydrogens is 376 g/mol. The first-order chi connectivity index (χ1) is 14.6. The number of hydrogen-bond donors (Lipinski definition) is 2. The van der Waals surface area contributed by atoms with E-state index in [2.05, 4.69) is 27.8 Å². The van der Waals surface area contributed by atoms with Gasteiger partial charge < -0.3 is 10.6 Å². The summed E-state index contributed by atoms with van der Waals surface area (Å²) in [4.78, 5) is 30.0. The third-order valence-electron chi connectivity index (χ3n) is 5.93. The standard InChI is InChI=1S/C24H24N4O2/c1-15-6-7-17(23(29)26-18-9-10-18)14-21(15)28-13-12-25-22(24(28)30)27-20-11-8-16-4-2-3-5-19(16)20/h2-7,12-14,18,20H,8-11H2,1H3,(H,25,27)(H,26,29)/t20-/m1/s1. The van der Waals surface area contributed by atoms with Gasteiger partial charge in [0.05, 0.1) is 11.7 Å². The fourth-order valence-electron chi connectivity index (χ4n) is 4.08. The molecule has 5 rings (SSSR count). The van der Waals surface area contributed by atoms with E-state index in [4.69, 9.17) is 0 Å². The van der Waals surface area contributed by atoms with Gasteiger partial charge in [0.2, 0.25) is 0 Å². The van der Waals surface area contributed by atoms with Gasteiger partial charge in [-0.05, 0) is 61.4 Å². The monoisotopic (exact) mass is 400 g/mol. The lowest BCUT2D eigenvalue weighted by Crippen LogP contribution is -2.27. The van der Waals surface area contributed by atoms with Gasteiger partial charge in [0.25, 0.3) is 11.5 Å². The van der Waals surface area contributed by atoms with E-state index >= 15 is 0 Å². The Balaban J connectivity index is 1.46. The number of aromatic nitrogens is 2. The molecule has 2 aromatic carbocycles. The number of rotatable bonds is 5. The van der Waals surface area contributed by atoms with Gasteiger partial charge in [0.1, 0.15) is 0 Å². The Bertz CT molecular complexity index is 1180. The van der Waals surface area contributed by atoms with Gasteiger partial charge in [-0.2, -0.15) is 0 Å². The van der Waals surface area contributed by atoms with Crippen molar-refractivity contribution in [2.45, 2.75) is 44.7 Å². The van der Waals surface area contributed by atoms with Crippen LogP contribution in [0.3, 0.4) is 0 Å². The Morgan fingerprint density at radius 2 is 1.97 bits per heavy atom. The molecule has 1 amide bonds. The molecule has 2 aliphatic carbocycles. The second-order valence-electron chi connectivity index (χ2n) is 8.13. The molecule has 1 heterocycles. The molecule has 1 fully saturated rings. The first-order valence-corrected chi connectivity index (χ1v) is 10.4. The molecule has 0 aliphatic heterocycles. The van der Waals surface area contributed by atoms with Crippen LogP contribution >= 0.6 is 0 Å². The predicted molar refractivity (Wildman–Crippen MR) is 116 cm³/mol. The van der Waals surface area contributed by atoms with Crippen molar-refractivity contribution >= 4 is 11.7 Å². The SMILES string of the molecule is Cc1ccc(C(=O)NC2CC2)cc1-n1ccnc(N[C@@H]2CCc3ccccc32)c1=O. The first kappa shape index (κ1) is 18.6. The minimum absolute atomic E-state index is 0.0778. The highest BCUT2D eigenvalue weighted by Gasteiger charge is 2.25. The number of fused-ring (bicyclic) bond motifs is 1. The quantitative estimate of drug-likeness (QED) is 0.687. The number of hydrogen-bond acceptors (Lipinski definition) is 4. The van der Waals surface area contributed by atoms with Crippen LogP contribution < -0.4 is 16.2 Å². The lowest BCUT2D eigenvalue weighted by Gasteiger charge is -2.16. The van der Waals surface area contributed by atoms with E-state index < -0.39 is 0 Å². The molecule has 152 valence electrons. The molecule has 1 aromatic heterocycles. The Hall–Kier alpha value is -3.41. The molecule has 3 aromatic rings. The van der Waals surface area contributed by atoms with Crippen molar-refractivity contribution in [2.75, 3.05) is 5.32 Å². The zero-order valence-corrected chi connectivity index (χ0v) is 16.9. The molecular formula is C24H24N4O2. The van der Waals surface area contributed by atoms with E-state index in [-0.39, 0.29) is 23.6 Å². The summed E-state index contributed by atoms with van der Waals surface area (Å²) in [6.45, 7) is 1.94. The van der Waals surface area contributed by atoms with Crippen LogP contribution in [0.2, 0.25) is 0 Å². The number of anilines is 1. The Morgan fingerprint density at radius 3 is 2.80 bits per heavy atom. The second kappa shape index (κ2) is 7.44. The number of aryl methyl sites for hydroxylation is 2. The van der Waals surface area contributed by atoms with E-state index in [9.17, 15) is 9.59 Å². The molecule has 30 heavy (non-hydrogen) atoms. The summed E-state index contributed by atoms with van der Waals surface area (Å²) in [6.07, 6.45) is 7.28. The van der Waals surface area contributed by atoms with Crippen molar-refractivity contribution < 1.29 is 4.79 Å². The number of benzene rings is 2. The maximum atomic E-state index is 13.2. The fraction of sp³-hybridized carbons (Fsp3) is 0.292. The van der Waals surface area contributed by atoms with Gasteiger partial charge in [-0.3, -0.25) is 14.2 Å². The average Bonchev–Trinajstić information content (AvgIpc) is 3.48. The molecule has 0 unspecified atom stereocenters. The van der Waals surface area contributed by atoms with E-state index in [0.29, 0.717) is 17.1 Å². The molecule has 0 saturated heterocycles. The topological polar surface area (TPSA) is 76.0 Å². The van der Waals surface area contributed by atoms with Crippen LogP contribution in [0.15, 0.2) is 59.7 Å². The fourth-order valence-corrected chi connectivity index (χ4v) is 4.08. The first-order valence-electron chi connectivity index (χ1n) is 10.4. The number of amides is 1. The number of carbonyl (C=O) groups is 1. The molecule has 2 N–H and O–H groups in total. The van der Waals surface area contributed by atoms with Crippen LogP contribution in [0.25, 0.3) is 5.69 Å². The highest BCUT2D eigenvalue weighted by atomic mass is 16.2. The smallest absolute Gasteiger partial charge is 0.297 e. The maximum absolute atomic E-state index is 13.2. The Kier molecular flexibility index (Phi) is 4.62. The summed E-state index contributed by atoms with van der Waals surface area (Å²) in [6, 6.07) is 14.1. The molecule has 2 aliphatic rings. The van der Waals surface area contributed by atoms with Gasteiger partial charge in [0.15, 0.2) is 5.82 Å². The molecule has 0 radical (unpaired) electrons. The predicted octanol–water partition coefficient (Wildman–Crippen LogP) is 3.53. The molecule has 1 atom stereocenters. The van der Waals surface area contributed by atoms with E-state index in [1.165, 1.54) is 11.1 Å². The van der Waals surface area contributed by atoms with Crippen molar-refractivity contribution in [3.8, 4) is 5.69 Å². The summed E-state index contributed by atoms with van der Waals surface area (Å²) in [5.74, 6) is 0.230. The average molecular weight is 400 g/mol. The van der Waals surface area contributed by atoms with Gasteiger partial charge in [0, 0.05) is 24.0 Å². The van der Waals surface area contributed by atoms with Gasteiger partial charge >= 0.3 is 0 Å². The summed E-state index contributed by atoms with van der Waals surface area (Å²) in [5, 5.41) is 6.34. The van der Waals surface area contributed by atoms with Crippen LogP contribution in [0, 0.1) is 6.92 Å². The molecule has 0 spiro atoms. The van der Waals surface area contributed by atoms with Crippen molar-refractivity contribution in [1.82, 2.24) is 14.9 Å². The van der Waals surface area contributed by atoms with Crippen molar-refractivity contribution in [3.05, 3.63) is 87.5 Å². The summed E-state index contributed by atoms with van der Waals surface area (Å²) >= 11 is 0. The zero-order valence-electron chi connectivity index (χ0n) is 16.9. The minimum Gasteiger partial charge on any atom is -0.359 e. The summed E-state index contributed by atoms with van der Waals surface area (Å²) in [5.41, 5.74) is 4.50. The normalized spacial score (nSPS) is 17.4. The molecule has 6 heteroatoms. The largest absolute Gasteiger partial charge is 0.359 e. The third-order valence-corrected chi connectivity index (χ3v) is 5.93. The van der Waals surface area contributed by atoms with Crippen LogP contribution in [-0.4, -0.2) is 21.5 Å². The van der Waals surface area contributed by atoms with Crippen LogP contribution in [0.4, 0.5) is 5.82 Å². The zero-order chi connectivity index (χ0) is 20.7. The Morgan fingerprint density at radius 1 is 1.13 bits per heavy atom. The van der Waals surface area contributed by atoms with Crippen molar-refractivity contribution in [2.24, 2.45) is 0 Å². The maximum Gasteiger partial charge on any atom is 0.297 e. The number of carbonyl (C=O) groups excluding carboxylic acids is 1. The van der Waals surface area contributed by atoms with E-state index in [0.717, 1.165) is 31.2 Å². The van der Waals surface area contributed by atoms with Crippen LogP contribution in [0.1, 0.15) is 52.4 Å². The van der Waals surface area contributed by atoms with Crippen molar-refractivity contribution in [1.29, 1.82) is 0 Å². The highest BCUT2D eigenvalue weighted by molar-refractivity contribution is 5.95. The Labute approximate surface area is 175 Å².